The van der Waals surface area contributed by atoms with Crippen molar-refractivity contribution in [3.8, 4) is 0 Å². The summed E-state index contributed by atoms with van der Waals surface area (Å²) in [7, 11) is 0. The van der Waals surface area contributed by atoms with Crippen molar-refractivity contribution < 1.29 is 9.18 Å². The van der Waals surface area contributed by atoms with Crippen molar-refractivity contribution in [1.82, 2.24) is 0 Å². The quantitative estimate of drug-likeness (QED) is 0.571. The first-order valence-corrected chi connectivity index (χ1v) is 7.39. The van der Waals surface area contributed by atoms with Gasteiger partial charge < -0.3 is 0 Å². The van der Waals surface area contributed by atoms with E-state index in [1.54, 1.807) is 17.5 Å². The minimum Gasteiger partial charge on any atom is -0.294 e. The average molecular weight is 351 g/mol. The number of benzene rings is 2. The number of halogens is 2. The molecule has 102 valence electrons. The molecule has 2 aromatic rings. The molecule has 0 unspecified atom stereocenters. The van der Waals surface area contributed by atoms with Crippen molar-refractivity contribution in [2.45, 2.75) is 12.8 Å². The predicted octanol–water partition coefficient (Wildman–Crippen LogP) is 4.75. The zero-order chi connectivity index (χ0) is 14.5. The highest BCUT2D eigenvalue weighted by atomic mass is 79.9. The molecule has 0 heterocycles. The van der Waals surface area contributed by atoms with E-state index >= 15 is 0 Å². The van der Waals surface area contributed by atoms with Gasteiger partial charge in [0.05, 0.1) is 4.47 Å². The molecule has 4 heteroatoms. The molecule has 0 atom stereocenters. The molecule has 0 aromatic heterocycles. The van der Waals surface area contributed by atoms with E-state index in [4.69, 9.17) is 12.2 Å². The third-order valence-electron chi connectivity index (χ3n) is 3.00. The lowest BCUT2D eigenvalue weighted by Gasteiger charge is -2.03. The largest absolute Gasteiger partial charge is 0.294 e. The minimum absolute atomic E-state index is 0.0599. The highest BCUT2D eigenvalue weighted by Crippen LogP contribution is 2.18. The maximum absolute atomic E-state index is 13.4. The second kappa shape index (κ2) is 6.86. The van der Waals surface area contributed by atoms with Gasteiger partial charge in [-0.05, 0) is 45.6 Å². The monoisotopic (exact) mass is 350 g/mol. The Balaban J connectivity index is 2.00. The number of carbonyl (C=O) groups is 1. The molecule has 2 aromatic carbocycles. The van der Waals surface area contributed by atoms with Gasteiger partial charge in [-0.3, -0.25) is 4.79 Å². The Morgan fingerprint density at radius 2 is 1.90 bits per heavy atom. The number of ketones is 1. The van der Waals surface area contributed by atoms with Gasteiger partial charge in [0, 0.05) is 17.4 Å². The van der Waals surface area contributed by atoms with E-state index in [0.717, 1.165) is 11.1 Å². The fourth-order valence-electron chi connectivity index (χ4n) is 1.83. The number of rotatable bonds is 5. The standard InChI is InChI=1S/C16H12BrFOS/c17-14-7-6-13(9-15(14)18)16(19)8-5-11-1-3-12(10-20)4-2-11/h1-4,6-7,9-10H,5,8H2. The Kier molecular flexibility index (Phi) is 5.15. The lowest BCUT2D eigenvalue weighted by Crippen LogP contribution is -2.02. The summed E-state index contributed by atoms with van der Waals surface area (Å²) >= 11 is 7.91. The molecule has 0 fully saturated rings. The molecule has 1 nitrogen and oxygen atoms in total. The lowest BCUT2D eigenvalue weighted by atomic mass is 10.0. The van der Waals surface area contributed by atoms with Crippen molar-refractivity contribution in [2.24, 2.45) is 0 Å². The van der Waals surface area contributed by atoms with Gasteiger partial charge in [0.15, 0.2) is 5.78 Å². The maximum atomic E-state index is 13.4. The van der Waals surface area contributed by atoms with Crippen LogP contribution < -0.4 is 0 Å². The van der Waals surface area contributed by atoms with Gasteiger partial charge in [0.1, 0.15) is 5.82 Å². The SMILES string of the molecule is O=C(CCc1ccc(C=S)cc1)c1ccc(Br)c(F)c1. The molecule has 20 heavy (non-hydrogen) atoms. The molecule has 0 aliphatic heterocycles. The summed E-state index contributed by atoms with van der Waals surface area (Å²) < 4.78 is 13.7. The third-order valence-corrected chi connectivity index (χ3v) is 3.91. The van der Waals surface area contributed by atoms with Crippen LogP contribution in [0.25, 0.3) is 0 Å². The van der Waals surface area contributed by atoms with Crippen LogP contribution in [-0.4, -0.2) is 11.2 Å². The van der Waals surface area contributed by atoms with Crippen LogP contribution in [0.4, 0.5) is 4.39 Å². The Morgan fingerprint density at radius 3 is 2.50 bits per heavy atom. The van der Waals surface area contributed by atoms with E-state index in [0.29, 0.717) is 22.9 Å². The highest BCUT2D eigenvalue weighted by molar-refractivity contribution is 9.10. The fraction of sp³-hybridized carbons (Fsp3) is 0.125. The molecule has 0 radical (unpaired) electrons. The van der Waals surface area contributed by atoms with Gasteiger partial charge in [0.25, 0.3) is 0 Å². The maximum Gasteiger partial charge on any atom is 0.163 e. The summed E-state index contributed by atoms with van der Waals surface area (Å²) in [4.78, 5) is 12.0. The highest BCUT2D eigenvalue weighted by Gasteiger charge is 2.09. The number of hydrogen-bond donors (Lipinski definition) is 0. The second-order valence-electron chi connectivity index (χ2n) is 4.41. The zero-order valence-electron chi connectivity index (χ0n) is 10.6. The summed E-state index contributed by atoms with van der Waals surface area (Å²) in [5.74, 6) is -0.475. The van der Waals surface area contributed by atoms with Gasteiger partial charge in [-0.1, -0.05) is 42.5 Å². The van der Waals surface area contributed by atoms with Crippen molar-refractivity contribution in [1.29, 1.82) is 0 Å². The topological polar surface area (TPSA) is 17.1 Å². The smallest absolute Gasteiger partial charge is 0.163 e. The summed E-state index contributed by atoms with van der Waals surface area (Å²) in [6, 6.07) is 12.2. The summed E-state index contributed by atoms with van der Waals surface area (Å²) in [6.07, 6.45) is 0.992. The van der Waals surface area contributed by atoms with Crippen LogP contribution in [0.1, 0.15) is 27.9 Å². The first kappa shape index (κ1) is 15.0. The predicted molar refractivity (Wildman–Crippen MR) is 86.0 cm³/mol. The molecular weight excluding hydrogens is 339 g/mol. The van der Waals surface area contributed by atoms with Crippen molar-refractivity contribution >= 4 is 39.3 Å². The molecule has 0 spiro atoms. The Labute approximate surface area is 131 Å². The van der Waals surface area contributed by atoms with Crippen LogP contribution in [0.5, 0.6) is 0 Å². The van der Waals surface area contributed by atoms with Crippen molar-refractivity contribution in [3.63, 3.8) is 0 Å². The zero-order valence-corrected chi connectivity index (χ0v) is 13.0. The Bertz CT molecular complexity index is 637. The van der Waals surface area contributed by atoms with Crippen LogP contribution in [0.3, 0.4) is 0 Å². The number of thiocarbonyl (C=S) groups is 1. The van der Waals surface area contributed by atoms with Gasteiger partial charge in [0.2, 0.25) is 0 Å². The van der Waals surface area contributed by atoms with Crippen LogP contribution in [0, 0.1) is 5.82 Å². The van der Waals surface area contributed by atoms with Gasteiger partial charge in [-0.2, -0.15) is 0 Å². The second-order valence-corrected chi connectivity index (χ2v) is 5.50. The van der Waals surface area contributed by atoms with Gasteiger partial charge >= 0.3 is 0 Å². The van der Waals surface area contributed by atoms with Crippen molar-refractivity contribution in [3.05, 3.63) is 69.4 Å². The Hall–Kier alpha value is -1.39. The van der Waals surface area contributed by atoms with Gasteiger partial charge in [-0.15, -0.1) is 0 Å². The first-order chi connectivity index (χ1) is 9.60. The van der Waals surface area contributed by atoms with E-state index in [9.17, 15) is 9.18 Å². The van der Waals surface area contributed by atoms with Crippen LogP contribution >= 0.6 is 28.1 Å². The van der Waals surface area contributed by atoms with Crippen molar-refractivity contribution in [2.75, 3.05) is 0 Å². The van der Waals surface area contributed by atoms with Crippen LogP contribution in [-0.2, 0) is 6.42 Å². The molecule has 0 saturated carbocycles. The minimum atomic E-state index is -0.416. The van der Waals surface area contributed by atoms with Crippen LogP contribution in [0.2, 0.25) is 0 Å². The van der Waals surface area contributed by atoms with E-state index in [1.807, 2.05) is 24.3 Å². The molecule has 0 aliphatic carbocycles. The fourth-order valence-corrected chi connectivity index (χ4v) is 2.24. The summed E-state index contributed by atoms with van der Waals surface area (Å²) in [5, 5.41) is 1.61. The lowest BCUT2D eigenvalue weighted by molar-refractivity contribution is 0.0982. The number of Topliss-reactive ketones (excluding diaryl/α,β-unsaturated/α-hetero) is 1. The van der Waals surface area contributed by atoms with E-state index in [-0.39, 0.29) is 5.78 Å². The summed E-state index contributed by atoms with van der Waals surface area (Å²) in [6.45, 7) is 0. The average Bonchev–Trinajstić information content (AvgIpc) is 2.48. The summed E-state index contributed by atoms with van der Waals surface area (Å²) in [5.41, 5.74) is 2.45. The van der Waals surface area contributed by atoms with E-state index in [1.165, 1.54) is 6.07 Å². The molecule has 0 saturated heterocycles. The first-order valence-electron chi connectivity index (χ1n) is 6.12. The molecule has 2 rings (SSSR count). The number of hydrogen-bond acceptors (Lipinski definition) is 2. The third kappa shape index (κ3) is 3.81. The number of aryl methyl sites for hydroxylation is 1. The normalized spacial score (nSPS) is 10.3. The molecule has 0 aliphatic rings. The molecule has 0 bridgehead atoms. The molecule has 0 amide bonds. The molecule has 0 N–H and O–H groups in total. The van der Waals surface area contributed by atoms with E-state index < -0.39 is 5.82 Å². The Morgan fingerprint density at radius 1 is 1.20 bits per heavy atom. The molecular formula is C16H12BrFOS. The van der Waals surface area contributed by atoms with Crippen LogP contribution in [0.15, 0.2) is 46.9 Å². The van der Waals surface area contributed by atoms with E-state index in [2.05, 4.69) is 15.9 Å². The number of carbonyl (C=O) groups excluding carboxylic acids is 1. The van der Waals surface area contributed by atoms with Gasteiger partial charge in [-0.25, -0.2) is 4.39 Å².